The van der Waals surface area contributed by atoms with E-state index in [9.17, 15) is 4.79 Å². The molecule has 0 aromatic carbocycles. The third kappa shape index (κ3) is 2.89. The van der Waals surface area contributed by atoms with Gasteiger partial charge in [0.25, 0.3) is 5.89 Å². The van der Waals surface area contributed by atoms with Crippen LogP contribution in [0.25, 0.3) is 17.1 Å². The maximum atomic E-state index is 13.5. The molecule has 0 saturated heterocycles. The first-order chi connectivity index (χ1) is 15.6. The Bertz CT molecular complexity index is 1460. The summed E-state index contributed by atoms with van der Waals surface area (Å²) in [6, 6.07) is 6.68. The monoisotopic (exact) mass is 449 g/mol. The number of hydrogen-bond acceptors (Lipinski definition) is 7. The number of fused-ring (bicyclic) bond motifs is 2. The van der Waals surface area contributed by atoms with Gasteiger partial charge in [-0.15, -0.1) is 10.2 Å². The number of rotatable bonds is 3. The maximum absolute atomic E-state index is 13.5. The van der Waals surface area contributed by atoms with E-state index < -0.39 is 11.9 Å². The number of imidazole rings is 1. The van der Waals surface area contributed by atoms with Crippen molar-refractivity contribution < 1.29 is 9.21 Å². The summed E-state index contributed by atoms with van der Waals surface area (Å²) in [7, 11) is 1.78. The number of nitrogens with one attached hydrogen (secondary N) is 1. The molecule has 160 valence electrons. The number of aromatic amines is 1. The van der Waals surface area contributed by atoms with Gasteiger partial charge in [0.05, 0.1) is 28.3 Å². The van der Waals surface area contributed by atoms with E-state index in [1.807, 2.05) is 18.3 Å². The summed E-state index contributed by atoms with van der Waals surface area (Å²) >= 11 is 6.34. The standard InChI is InChI=1S/C20H16ClN9O2/c1-28-7-4-13(26-28)18-24-25-19(32-18)20(31)29-8-5-12-16(23-10-22-12)17(29)14-9-15-11(21)3-2-6-30(15)27-14/h2-4,6-7,9-10,17H,5,8H2,1H3,(H,22,23)/t17-/m1/s1. The van der Waals surface area contributed by atoms with Crippen molar-refractivity contribution in [3.05, 3.63) is 71.0 Å². The third-order valence-electron chi connectivity index (χ3n) is 5.48. The predicted octanol–water partition coefficient (Wildman–Crippen LogP) is 2.28. The van der Waals surface area contributed by atoms with Crippen molar-refractivity contribution in [3.8, 4) is 11.6 Å². The smallest absolute Gasteiger partial charge is 0.312 e. The van der Waals surface area contributed by atoms with Gasteiger partial charge >= 0.3 is 11.8 Å². The van der Waals surface area contributed by atoms with E-state index in [2.05, 4.69) is 30.4 Å². The Hall–Kier alpha value is -3.99. The highest BCUT2D eigenvalue weighted by Crippen LogP contribution is 2.35. The number of carbonyl (C=O) groups is 1. The first kappa shape index (κ1) is 18.8. The molecule has 6 rings (SSSR count). The van der Waals surface area contributed by atoms with Crippen LogP contribution in [-0.4, -0.2) is 56.9 Å². The van der Waals surface area contributed by atoms with Gasteiger partial charge in [-0.1, -0.05) is 11.6 Å². The predicted molar refractivity (Wildman–Crippen MR) is 112 cm³/mol. The largest absolute Gasteiger partial charge is 0.411 e. The number of hydrogen-bond donors (Lipinski definition) is 1. The molecule has 1 atom stereocenters. The minimum absolute atomic E-state index is 0.114. The van der Waals surface area contributed by atoms with E-state index in [1.165, 1.54) is 0 Å². The van der Waals surface area contributed by atoms with Crippen molar-refractivity contribution in [1.29, 1.82) is 0 Å². The molecule has 1 aliphatic rings. The molecular formula is C20H16ClN9O2. The van der Waals surface area contributed by atoms with E-state index in [1.54, 1.807) is 45.8 Å². The number of halogens is 1. The molecular weight excluding hydrogens is 434 g/mol. The molecule has 1 N–H and O–H groups in total. The lowest BCUT2D eigenvalue weighted by Gasteiger charge is -2.32. The van der Waals surface area contributed by atoms with Crippen LogP contribution in [0.5, 0.6) is 0 Å². The average Bonchev–Trinajstić information content (AvgIpc) is 3.57. The highest BCUT2D eigenvalue weighted by Gasteiger charge is 2.38. The van der Waals surface area contributed by atoms with Crippen molar-refractivity contribution in [1.82, 2.24) is 44.5 Å². The van der Waals surface area contributed by atoms with Gasteiger partial charge in [0.15, 0.2) is 0 Å². The lowest BCUT2D eigenvalue weighted by molar-refractivity contribution is 0.0646. The summed E-state index contributed by atoms with van der Waals surface area (Å²) in [5.41, 5.74) is 3.58. The number of carbonyl (C=O) groups excluding carboxylic acids is 1. The van der Waals surface area contributed by atoms with Crippen LogP contribution in [0.4, 0.5) is 0 Å². The van der Waals surface area contributed by atoms with E-state index in [4.69, 9.17) is 16.0 Å². The molecule has 1 amide bonds. The summed E-state index contributed by atoms with van der Waals surface area (Å²) in [5.74, 6) is -0.333. The highest BCUT2D eigenvalue weighted by atomic mass is 35.5. The van der Waals surface area contributed by atoms with Gasteiger partial charge in [-0.05, 0) is 24.3 Å². The second-order valence-corrected chi connectivity index (χ2v) is 7.87. The SMILES string of the molecule is Cn1ccc(-c2nnc(C(=O)N3CCc4[nH]cnc4[C@H]3c3cc4c(Cl)cccn4n3)o2)n1. The molecule has 11 nitrogen and oxygen atoms in total. The number of nitrogens with zero attached hydrogens (tertiary/aromatic N) is 8. The summed E-state index contributed by atoms with van der Waals surface area (Å²) in [4.78, 5) is 22.7. The fourth-order valence-corrected chi connectivity index (χ4v) is 4.21. The molecule has 0 aliphatic carbocycles. The van der Waals surface area contributed by atoms with Crippen molar-refractivity contribution in [2.45, 2.75) is 12.5 Å². The van der Waals surface area contributed by atoms with Crippen LogP contribution in [0.15, 0.2) is 47.4 Å². The van der Waals surface area contributed by atoms with Gasteiger partial charge in [-0.2, -0.15) is 10.2 Å². The van der Waals surface area contributed by atoms with Gasteiger partial charge in [0.2, 0.25) is 0 Å². The summed E-state index contributed by atoms with van der Waals surface area (Å²) < 4.78 is 8.97. The van der Waals surface area contributed by atoms with E-state index in [0.717, 1.165) is 16.9 Å². The molecule has 0 radical (unpaired) electrons. The Morgan fingerprint density at radius 2 is 2.16 bits per heavy atom. The van der Waals surface area contributed by atoms with E-state index in [0.29, 0.717) is 29.4 Å². The number of pyridine rings is 1. The van der Waals surface area contributed by atoms with Crippen molar-refractivity contribution in [2.24, 2.45) is 7.05 Å². The zero-order valence-corrected chi connectivity index (χ0v) is 17.6. The van der Waals surface area contributed by atoms with Crippen LogP contribution >= 0.6 is 11.6 Å². The first-order valence-corrected chi connectivity index (χ1v) is 10.3. The maximum Gasteiger partial charge on any atom is 0.312 e. The quantitative estimate of drug-likeness (QED) is 0.448. The van der Waals surface area contributed by atoms with Crippen LogP contribution in [0.2, 0.25) is 5.02 Å². The molecule has 1 aliphatic heterocycles. The lowest BCUT2D eigenvalue weighted by Crippen LogP contribution is -2.41. The minimum atomic E-state index is -0.529. The topological polar surface area (TPSA) is 123 Å². The average molecular weight is 450 g/mol. The van der Waals surface area contributed by atoms with Crippen molar-refractivity contribution in [2.75, 3.05) is 6.54 Å². The highest BCUT2D eigenvalue weighted by molar-refractivity contribution is 6.33. The van der Waals surface area contributed by atoms with Crippen LogP contribution in [0.1, 0.15) is 33.8 Å². The molecule has 0 spiro atoms. The van der Waals surface area contributed by atoms with Gasteiger partial charge in [0, 0.05) is 38.1 Å². The molecule has 0 bridgehead atoms. The second-order valence-electron chi connectivity index (χ2n) is 7.46. The van der Waals surface area contributed by atoms with Crippen LogP contribution in [-0.2, 0) is 13.5 Å². The minimum Gasteiger partial charge on any atom is -0.411 e. The molecule has 5 aromatic heterocycles. The van der Waals surface area contributed by atoms with Crippen molar-refractivity contribution in [3.63, 3.8) is 0 Å². The molecule has 32 heavy (non-hydrogen) atoms. The third-order valence-corrected chi connectivity index (χ3v) is 5.80. The van der Waals surface area contributed by atoms with Gasteiger partial charge in [-0.25, -0.2) is 9.50 Å². The summed E-state index contributed by atoms with van der Waals surface area (Å²) in [5, 5.41) is 17.4. The summed E-state index contributed by atoms with van der Waals surface area (Å²) in [6.45, 7) is 0.432. The molecule has 6 heterocycles. The lowest BCUT2D eigenvalue weighted by atomic mass is 9.99. The molecule has 5 aromatic rings. The Balaban J connectivity index is 1.41. The zero-order valence-electron chi connectivity index (χ0n) is 16.8. The van der Waals surface area contributed by atoms with Gasteiger partial charge < -0.3 is 14.3 Å². The number of amides is 1. The zero-order chi connectivity index (χ0) is 21.8. The van der Waals surface area contributed by atoms with Gasteiger partial charge in [-0.3, -0.25) is 9.48 Å². The second kappa shape index (κ2) is 7.02. The fourth-order valence-electron chi connectivity index (χ4n) is 3.99. The molecule has 0 saturated carbocycles. The molecule has 0 fully saturated rings. The van der Waals surface area contributed by atoms with Crippen LogP contribution in [0.3, 0.4) is 0 Å². The van der Waals surface area contributed by atoms with Crippen molar-refractivity contribution >= 4 is 23.0 Å². The molecule has 12 heteroatoms. The Morgan fingerprint density at radius 1 is 1.25 bits per heavy atom. The fraction of sp³-hybridized carbons (Fsp3) is 0.200. The van der Waals surface area contributed by atoms with Crippen LogP contribution < -0.4 is 0 Å². The first-order valence-electron chi connectivity index (χ1n) is 9.89. The Morgan fingerprint density at radius 3 is 2.97 bits per heavy atom. The summed E-state index contributed by atoms with van der Waals surface area (Å²) in [6.07, 6.45) is 5.81. The Labute approximate surface area is 185 Å². The van der Waals surface area contributed by atoms with Gasteiger partial charge in [0.1, 0.15) is 11.7 Å². The molecule has 0 unspecified atom stereocenters. The van der Waals surface area contributed by atoms with E-state index in [-0.39, 0.29) is 11.8 Å². The Kier molecular flexibility index (Phi) is 4.12. The number of H-pyrrole nitrogens is 1. The van der Waals surface area contributed by atoms with Crippen LogP contribution in [0, 0.1) is 0 Å². The normalized spacial score (nSPS) is 15.9. The number of aryl methyl sites for hydroxylation is 1. The number of aromatic nitrogens is 8. The van der Waals surface area contributed by atoms with E-state index >= 15 is 0 Å².